The second-order valence-corrected chi connectivity index (χ2v) is 8.66. The van der Waals surface area contributed by atoms with Gasteiger partial charge >= 0.3 is 6.03 Å². The van der Waals surface area contributed by atoms with Crippen molar-refractivity contribution in [3.63, 3.8) is 0 Å². The molecular formula is C22H32ClN3O4. The van der Waals surface area contributed by atoms with E-state index in [0.717, 1.165) is 31.2 Å². The van der Waals surface area contributed by atoms with Crippen LogP contribution >= 0.6 is 11.6 Å². The summed E-state index contributed by atoms with van der Waals surface area (Å²) in [5.41, 5.74) is 0.971. The van der Waals surface area contributed by atoms with Gasteiger partial charge in [0.1, 0.15) is 6.10 Å². The van der Waals surface area contributed by atoms with E-state index in [-0.39, 0.29) is 43.2 Å². The molecule has 8 heteroatoms. The molecule has 0 radical (unpaired) electrons. The Bertz CT molecular complexity index is 694. The zero-order valence-corrected chi connectivity index (χ0v) is 18.0. The molecule has 4 N–H and O–H groups in total. The molecule has 0 bridgehead atoms. The van der Waals surface area contributed by atoms with E-state index in [0.29, 0.717) is 24.4 Å². The van der Waals surface area contributed by atoms with Crippen molar-refractivity contribution in [2.24, 2.45) is 0 Å². The lowest BCUT2D eigenvalue weighted by Gasteiger charge is -2.36. The molecule has 1 aliphatic heterocycles. The maximum Gasteiger partial charge on any atom is 0.315 e. The number of rotatable bonds is 7. The van der Waals surface area contributed by atoms with E-state index in [2.05, 4.69) is 16.0 Å². The second kappa shape index (κ2) is 11.5. The summed E-state index contributed by atoms with van der Waals surface area (Å²) in [5, 5.41) is 19.2. The normalized spacial score (nSPS) is 24.8. The van der Waals surface area contributed by atoms with Gasteiger partial charge in [-0.2, -0.15) is 0 Å². The molecule has 7 nitrogen and oxygen atoms in total. The zero-order valence-electron chi connectivity index (χ0n) is 17.2. The predicted octanol–water partition coefficient (Wildman–Crippen LogP) is 2.89. The van der Waals surface area contributed by atoms with Crippen molar-refractivity contribution in [1.82, 2.24) is 16.0 Å². The van der Waals surface area contributed by atoms with E-state index in [4.69, 9.17) is 16.3 Å². The number of nitrogens with one attached hydrogen (secondary N) is 3. The van der Waals surface area contributed by atoms with Gasteiger partial charge in [-0.05, 0) is 43.4 Å². The maximum atomic E-state index is 12.3. The third-order valence-electron chi connectivity index (χ3n) is 5.87. The first-order chi connectivity index (χ1) is 14.5. The molecule has 3 atom stereocenters. The largest absolute Gasteiger partial charge is 0.394 e. The lowest BCUT2D eigenvalue weighted by Crippen LogP contribution is -2.55. The molecule has 3 amide bonds. The summed E-state index contributed by atoms with van der Waals surface area (Å²) in [6, 6.07) is 7.09. The number of aliphatic hydroxyl groups excluding tert-OH is 1. The number of carbonyl (C=O) groups excluding carboxylic acids is 2. The summed E-state index contributed by atoms with van der Waals surface area (Å²) < 4.78 is 5.91. The molecule has 0 spiro atoms. The summed E-state index contributed by atoms with van der Waals surface area (Å²) >= 11 is 5.87. The first kappa shape index (κ1) is 22.8. The average Bonchev–Trinajstić information content (AvgIpc) is 2.75. The quantitative estimate of drug-likeness (QED) is 0.527. The van der Waals surface area contributed by atoms with E-state index in [1.165, 1.54) is 6.42 Å². The smallest absolute Gasteiger partial charge is 0.315 e. The number of urea groups is 1. The van der Waals surface area contributed by atoms with Gasteiger partial charge in [0.25, 0.3) is 0 Å². The third-order valence-corrected chi connectivity index (χ3v) is 6.12. The summed E-state index contributed by atoms with van der Waals surface area (Å²) in [4.78, 5) is 24.6. The lowest BCUT2D eigenvalue weighted by atomic mass is 9.95. The van der Waals surface area contributed by atoms with Crippen LogP contribution < -0.4 is 16.0 Å². The molecule has 166 valence electrons. The van der Waals surface area contributed by atoms with Crippen LogP contribution in [0.15, 0.2) is 24.3 Å². The average molecular weight is 438 g/mol. The highest BCUT2D eigenvalue weighted by Gasteiger charge is 2.33. The van der Waals surface area contributed by atoms with E-state index < -0.39 is 6.10 Å². The summed E-state index contributed by atoms with van der Waals surface area (Å²) in [5.74, 6) is -0.104. The minimum atomic E-state index is -0.509. The molecule has 1 heterocycles. The van der Waals surface area contributed by atoms with Gasteiger partial charge in [-0.25, -0.2) is 4.79 Å². The molecule has 1 saturated heterocycles. The van der Waals surface area contributed by atoms with Gasteiger partial charge in [-0.1, -0.05) is 43.0 Å². The van der Waals surface area contributed by atoms with Crippen LogP contribution in [0.4, 0.5) is 4.79 Å². The van der Waals surface area contributed by atoms with Crippen molar-refractivity contribution in [1.29, 1.82) is 0 Å². The Balaban J connectivity index is 1.40. The van der Waals surface area contributed by atoms with E-state index in [9.17, 15) is 14.7 Å². The van der Waals surface area contributed by atoms with Gasteiger partial charge in [0.15, 0.2) is 0 Å². The number of aliphatic hydroxyl groups is 1. The lowest BCUT2D eigenvalue weighted by molar-refractivity contribution is -0.130. The maximum absolute atomic E-state index is 12.3. The van der Waals surface area contributed by atoms with Gasteiger partial charge in [-0.15, -0.1) is 0 Å². The van der Waals surface area contributed by atoms with Crippen LogP contribution in [-0.2, 0) is 16.1 Å². The Morgan fingerprint density at radius 2 is 1.77 bits per heavy atom. The Kier molecular flexibility index (Phi) is 8.78. The first-order valence-corrected chi connectivity index (χ1v) is 11.3. The van der Waals surface area contributed by atoms with Gasteiger partial charge in [0.05, 0.1) is 25.2 Å². The molecule has 30 heavy (non-hydrogen) atoms. The van der Waals surface area contributed by atoms with Crippen LogP contribution in [0.5, 0.6) is 0 Å². The van der Waals surface area contributed by atoms with Crippen LogP contribution in [0.3, 0.4) is 0 Å². The molecule has 3 rings (SSSR count). The highest BCUT2D eigenvalue weighted by Crippen LogP contribution is 2.22. The van der Waals surface area contributed by atoms with Crippen molar-refractivity contribution < 1.29 is 19.4 Å². The molecule has 1 saturated carbocycles. The molecule has 2 fully saturated rings. The van der Waals surface area contributed by atoms with Crippen molar-refractivity contribution in [3.8, 4) is 0 Å². The number of amides is 3. The Morgan fingerprint density at radius 1 is 1.03 bits per heavy atom. The van der Waals surface area contributed by atoms with Gasteiger partial charge in [0, 0.05) is 17.6 Å². The predicted molar refractivity (Wildman–Crippen MR) is 115 cm³/mol. The standard InChI is InChI=1S/C22H32ClN3O4/c23-16-8-6-15(7-9-16)13-24-21(28)12-18-10-11-19(20(14-27)30-18)26-22(29)25-17-4-2-1-3-5-17/h6-9,17-20,27H,1-5,10-14H2,(H,24,28)(H2,25,26,29)/t18-,19-,20+/m0/s1. The summed E-state index contributed by atoms with van der Waals surface area (Å²) in [6.07, 6.45) is 6.34. The SMILES string of the molecule is O=C(C[C@@H]1CC[C@H](NC(=O)NC2CCCCC2)[C@@H](CO)O1)NCc1ccc(Cl)cc1. The molecule has 1 aromatic carbocycles. The minimum absolute atomic E-state index is 0.104. The van der Waals surface area contributed by atoms with Gasteiger partial charge in [0.2, 0.25) is 5.91 Å². The number of hydrogen-bond donors (Lipinski definition) is 4. The fourth-order valence-corrected chi connectivity index (χ4v) is 4.30. The Hall–Kier alpha value is -1.83. The van der Waals surface area contributed by atoms with Crippen LogP contribution in [-0.4, -0.2) is 47.9 Å². The summed E-state index contributed by atoms with van der Waals surface area (Å²) in [7, 11) is 0. The van der Waals surface area contributed by atoms with Gasteiger partial charge in [-0.3, -0.25) is 4.79 Å². The first-order valence-electron chi connectivity index (χ1n) is 10.9. The summed E-state index contributed by atoms with van der Waals surface area (Å²) in [6.45, 7) is 0.231. The highest BCUT2D eigenvalue weighted by atomic mass is 35.5. The number of benzene rings is 1. The number of hydrogen-bond acceptors (Lipinski definition) is 4. The van der Waals surface area contributed by atoms with Crippen LogP contribution in [0.2, 0.25) is 5.02 Å². The van der Waals surface area contributed by atoms with E-state index in [1.807, 2.05) is 12.1 Å². The third kappa shape index (κ3) is 7.15. The van der Waals surface area contributed by atoms with Crippen LogP contribution in [0.1, 0.15) is 56.9 Å². The molecule has 1 aliphatic carbocycles. The van der Waals surface area contributed by atoms with Crippen molar-refractivity contribution >= 4 is 23.5 Å². The fourth-order valence-electron chi connectivity index (χ4n) is 4.17. The Morgan fingerprint density at radius 3 is 2.47 bits per heavy atom. The fraction of sp³-hybridized carbons (Fsp3) is 0.636. The van der Waals surface area contributed by atoms with Crippen LogP contribution in [0.25, 0.3) is 0 Å². The second-order valence-electron chi connectivity index (χ2n) is 8.22. The van der Waals surface area contributed by atoms with E-state index in [1.54, 1.807) is 12.1 Å². The molecule has 1 aromatic rings. The minimum Gasteiger partial charge on any atom is -0.394 e. The molecule has 0 unspecified atom stereocenters. The monoisotopic (exact) mass is 437 g/mol. The molecule has 2 aliphatic rings. The number of ether oxygens (including phenoxy) is 1. The number of carbonyl (C=O) groups is 2. The number of halogens is 1. The molecular weight excluding hydrogens is 406 g/mol. The van der Waals surface area contributed by atoms with Crippen LogP contribution in [0, 0.1) is 0 Å². The van der Waals surface area contributed by atoms with Crippen molar-refractivity contribution in [2.45, 2.75) is 82.2 Å². The van der Waals surface area contributed by atoms with E-state index >= 15 is 0 Å². The molecule has 0 aromatic heterocycles. The zero-order chi connectivity index (χ0) is 21.3. The topological polar surface area (TPSA) is 99.7 Å². The van der Waals surface area contributed by atoms with Gasteiger partial charge < -0.3 is 25.8 Å². The van der Waals surface area contributed by atoms with Crippen molar-refractivity contribution in [3.05, 3.63) is 34.9 Å². The van der Waals surface area contributed by atoms with Crippen molar-refractivity contribution in [2.75, 3.05) is 6.61 Å². The Labute approximate surface area is 182 Å². The highest BCUT2D eigenvalue weighted by molar-refractivity contribution is 6.30.